The highest BCUT2D eigenvalue weighted by molar-refractivity contribution is 5.75. The van der Waals surface area contributed by atoms with Crippen LogP contribution in [0.4, 0.5) is 0 Å². The van der Waals surface area contributed by atoms with E-state index in [9.17, 15) is 0 Å². The maximum absolute atomic E-state index is 5.04. The van der Waals surface area contributed by atoms with Crippen molar-refractivity contribution in [2.75, 3.05) is 0 Å². The van der Waals surface area contributed by atoms with Crippen molar-refractivity contribution in [2.45, 2.75) is 0 Å². The maximum Gasteiger partial charge on any atom is 0.141 e. The SMILES string of the molecule is [c]1c[c]c2occc2c1. The molecule has 1 heteroatoms. The third-order valence-corrected chi connectivity index (χ3v) is 1.22. The standard InChI is InChI=1S/C8H4O/c1-2-4-8-7(3-1)5-6-9-8/h2-3,5-6H. The Labute approximate surface area is 52.9 Å². The first-order valence-corrected chi connectivity index (χ1v) is 2.72. The molecule has 0 spiro atoms. The summed E-state index contributed by atoms with van der Waals surface area (Å²) in [4.78, 5) is 0. The fourth-order valence-corrected chi connectivity index (χ4v) is 0.789. The van der Waals surface area contributed by atoms with E-state index in [1.165, 1.54) is 0 Å². The van der Waals surface area contributed by atoms with E-state index in [-0.39, 0.29) is 0 Å². The summed E-state index contributed by atoms with van der Waals surface area (Å²) in [6, 6.07) is 11.3. The van der Waals surface area contributed by atoms with Gasteiger partial charge in [0.05, 0.1) is 6.26 Å². The zero-order valence-electron chi connectivity index (χ0n) is 4.72. The number of benzene rings is 1. The van der Waals surface area contributed by atoms with Crippen molar-refractivity contribution in [1.82, 2.24) is 0 Å². The van der Waals surface area contributed by atoms with E-state index in [4.69, 9.17) is 4.42 Å². The van der Waals surface area contributed by atoms with Crippen LogP contribution < -0.4 is 0 Å². The Morgan fingerprint density at radius 2 is 2.44 bits per heavy atom. The molecule has 1 heterocycles. The molecule has 1 aromatic heterocycles. The summed E-state index contributed by atoms with van der Waals surface area (Å²) in [5.41, 5.74) is 0.800. The molecule has 9 heavy (non-hydrogen) atoms. The van der Waals surface area contributed by atoms with Gasteiger partial charge in [-0.15, -0.1) is 0 Å². The molecule has 2 radical (unpaired) electrons. The molecular weight excluding hydrogens is 112 g/mol. The molecule has 0 unspecified atom stereocenters. The highest BCUT2D eigenvalue weighted by Gasteiger charge is 1.90. The zero-order chi connectivity index (χ0) is 6.10. The molecule has 0 amide bonds. The average molecular weight is 116 g/mol. The summed E-state index contributed by atoms with van der Waals surface area (Å²) in [5, 5.41) is 1.05. The van der Waals surface area contributed by atoms with Crippen molar-refractivity contribution in [3.63, 3.8) is 0 Å². The topological polar surface area (TPSA) is 13.1 Å². The van der Waals surface area contributed by atoms with Gasteiger partial charge in [-0.3, -0.25) is 0 Å². The lowest BCUT2D eigenvalue weighted by molar-refractivity contribution is 0.615. The van der Waals surface area contributed by atoms with Crippen molar-refractivity contribution in [1.29, 1.82) is 0 Å². The smallest absolute Gasteiger partial charge is 0.141 e. The number of hydrogen-bond donors (Lipinski definition) is 0. The van der Waals surface area contributed by atoms with E-state index in [0.29, 0.717) is 0 Å². The van der Waals surface area contributed by atoms with Gasteiger partial charge < -0.3 is 4.42 Å². The molecule has 42 valence electrons. The molecule has 0 saturated carbocycles. The lowest BCUT2D eigenvalue weighted by atomic mass is 10.3. The molecular formula is C8H4O. The van der Waals surface area contributed by atoms with Crippen molar-refractivity contribution in [2.24, 2.45) is 0 Å². The van der Waals surface area contributed by atoms with Gasteiger partial charge in [-0.25, -0.2) is 0 Å². The van der Waals surface area contributed by atoms with Gasteiger partial charge in [0, 0.05) is 11.5 Å². The van der Waals surface area contributed by atoms with Gasteiger partial charge in [0.15, 0.2) is 0 Å². The predicted octanol–water partition coefficient (Wildman–Crippen LogP) is 2.03. The Morgan fingerprint density at radius 1 is 1.44 bits per heavy atom. The number of hydrogen-bond acceptors (Lipinski definition) is 1. The van der Waals surface area contributed by atoms with Gasteiger partial charge in [0.25, 0.3) is 0 Å². The van der Waals surface area contributed by atoms with Gasteiger partial charge in [-0.1, -0.05) is 0 Å². The summed E-state index contributed by atoms with van der Waals surface area (Å²) in [5.74, 6) is 0. The fourth-order valence-electron chi connectivity index (χ4n) is 0.789. The maximum atomic E-state index is 5.04. The third kappa shape index (κ3) is 0.617. The van der Waals surface area contributed by atoms with Crippen molar-refractivity contribution >= 4 is 11.0 Å². The number of fused-ring (bicyclic) bond motifs is 1. The summed E-state index contributed by atoms with van der Waals surface area (Å²) in [6.07, 6.45) is 1.65. The second kappa shape index (κ2) is 1.62. The van der Waals surface area contributed by atoms with Gasteiger partial charge in [0.1, 0.15) is 5.58 Å². The second-order valence-electron chi connectivity index (χ2n) is 1.80. The molecule has 2 rings (SSSR count). The molecule has 0 N–H and O–H groups in total. The second-order valence-corrected chi connectivity index (χ2v) is 1.80. The first-order valence-electron chi connectivity index (χ1n) is 2.72. The minimum Gasteiger partial charge on any atom is -0.464 e. The van der Waals surface area contributed by atoms with E-state index < -0.39 is 0 Å². The Morgan fingerprint density at radius 3 is 3.33 bits per heavy atom. The zero-order valence-corrected chi connectivity index (χ0v) is 4.72. The minimum atomic E-state index is 0.800. The molecule has 2 aromatic rings. The Balaban J connectivity index is 2.95. The van der Waals surface area contributed by atoms with Crippen LogP contribution in [0.25, 0.3) is 11.0 Å². The highest BCUT2D eigenvalue weighted by Crippen LogP contribution is 2.11. The van der Waals surface area contributed by atoms with Crippen LogP contribution in [0.2, 0.25) is 0 Å². The molecule has 0 bridgehead atoms. The summed E-state index contributed by atoms with van der Waals surface area (Å²) >= 11 is 0. The first kappa shape index (κ1) is 4.62. The van der Waals surface area contributed by atoms with Crippen LogP contribution in [0.15, 0.2) is 28.9 Å². The minimum absolute atomic E-state index is 0.800. The van der Waals surface area contributed by atoms with Gasteiger partial charge in [-0.05, 0) is 24.3 Å². The molecule has 0 fully saturated rings. The Bertz CT molecular complexity index is 279. The largest absolute Gasteiger partial charge is 0.464 e. The summed E-state index contributed by atoms with van der Waals surface area (Å²) in [6.45, 7) is 0. The lowest BCUT2D eigenvalue weighted by Gasteiger charge is -1.79. The molecule has 1 aromatic carbocycles. The molecule has 0 aliphatic carbocycles. The van der Waals surface area contributed by atoms with Crippen LogP contribution in [0.3, 0.4) is 0 Å². The Kier molecular flexibility index (Phi) is 0.833. The molecule has 1 nitrogen and oxygen atoms in total. The van der Waals surface area contributed by atoms with Crippen LogP contribution in [0, 0.1) is 12.1 Å². The van der Waals surface area contributed by atoms with E-state index in [2.05, 4.69) is 12.1 Å². The molecule has 0 aliphatic heterocycles. The molecule has 0 atom stereocenters. The van der Waals surface area contributed by atoms with Crippen molar-refractivity contribution in [3.05, 3.63) is 36.6 Å². The van der Waals surface area contributed by atoms with Gasteiger partial charge >= 0.3 is 0 Å². The van der Waals surface area contributed by atoms with Crippen LogP contribution in [0.5, 0.6) is 0 Å². The molecule has 0 saturated heterocycles. The van der Waals surface area contributed by atoms with Crippen LogP contribution in [0.1, 0.15) is 0 Å². The van der Waals surface area contributed by atoms with Crippen LogP contribution in [-0.2, 0) is 0 Å². The van der Waals surface area contributed by atoms with Crippen molar-refractivity contribution in [3.8, 4) is 0 Å². The highest BCUT2D eigenvalue weighted by atomic mass is 16.3. The van der Waals surface area contributed by atoms with Gasteiger partial charge in [0.2, 0.25) is 0 Å². The fraction of sp³-hybridized carbons (Fsp3) is 0. The quantitative estimate of drug-likeness (QED) is 0.513. The van der Waals surface area contributed by atoms with E-state index in [0.717, 1.165) is 11.0 Å². The monoisotopic (exact) mass is 116 g/mol. The van der Waals surface area contributed by atoms with Crippen LogP contribution >= 0.6 is 0 Å². The first-order chi connectivity index (χ1) is 4.47. The van der Waals surface area contributed by atoms with E-state index in [1.54, 1.807) is 12.3 Å². The van der Waals surface area contributed by atoms with E-state index >= 15 is 0 Å². The summed E-state index contributed by atoms with van der Waals surface area (Å²) < 4.78 is 5.04. The number of furan rings is 1. The van der Waals surface area contributed by atoms with Gasteiger partial charge in [-0.2, -0.15) is 0 Å². The van der Waals surface area contributed by atoms with E-state index in [1.807, 2.05) is 12.1 Å². The predicted molar refractivity (Wildman–Crippen MR) is 33.9 cm³/mol. The number of rotatable bonds is 0. The third-order valence-electron chi connectivity index (χ3n) is 1.22. The summed E-state index contributed by atoms with van der Waals surface area (Å²) in [7, 11) is 0. The van der Waals surface area contributed by atoms with Crippen molar-refractivity contribution < 1.29 is 4.42 Å². The molecule has 0 aliphatic rings. The normalized spacial score (nSPS) is 10.2. The Hall–Kier alpha value is -1.24. The van der Waals surface area contributed by atoms with Crippen LogP contribution in [-0.4, -0.2) is 0 Å². The lowest BCUT2D eigenvalue weighted by Crippen LogP contribution is -1.59. The average Bonchev–Trinajstić information content (AvgIpc) is 2.33.